The van der Waals surface area contributed by atoms with E-state index < -0.39 is 0 Å². The SMILES string of the molecule is O=C(Nc1cccs1)N1CCC(Oc2ncccn2)C1. The molecule has 7 heteroatoms. The van der Waals surface area contributed by atoms with Gasteiger partial charge in [-0.05, 0) is 23.6 Å². The van der Waals surface area contributed by atoms with Crippen LogP contribution in [-0.2, 0) is 0 Å². The van der Waals surface area contributed by atoms with Gasteiger partial charge in [-0.1, -0.05) is 0 Å². The van der Waals surface area contributed by atoms with E-state index in [1.54, 1.807) is 23.4 Å². The summed E-state index contributed by atoms with van der Waals surface area (Å²) in [5.74, 6) is 0. The summed E-state index contributed by atoms with van der Waals surface area (Å²) in [6.07, 6.45) is 4.01. The first kappa shape index (κ1) is 12.9. The zero-order valence-electron chi connectivity index (χ0n) is 10.7. The molecule has 1 fully saturated rings. The zero-order valence-corrected chi connectivity index (χ0v) is 11.5. The maximum absolute atomic E-state index is 12.0. The summed E-state index contributed by atoms with van der Waals surface area (Å²) in [6.45, 7) is 1.23. The smallest absolute Gasteiger partial charge is 0.322 e. The molecule has 20 heavy (non-hydrogen) atoms. The van der Waals surface area contributed by atoms with Crippen molar-refractivity contribution in [3.8, 4) is 6.01 Å². The van der Waals surface area contributed by atoms with Gasteiger partial charge in [0.05, 0.1) is 11.5 Å². The fourth-order valence-corrected chi connectivity index (χ4v) is 2.65. The lowest BCUT2D eigenvalue weighted by Gasteiger charge is -2.16. The number of carbonyl (C=O) groups is 1. The van der Waals surface area contributed by atoms with Crippen LogP contribution in [-0.4, -0.2) is 40.1 Å². The number of ether oxygens (including phenoxy) is 1. The van der Waals surface area contributed by atoms with Crippen molar-refractivity contribution >= 4 is 22.4 Å². The third-order valence-corrected chi connectivity index (χ3v) is 3.78. The van der Waals surface area contributed by atoms with Gasteiger partial charge in [0.2, 0.25) is 0 Å². The molecule has 1 aliphatic heterocycles. The molecule has 2 amide bonds. The molecule has 1 aliphatic rings. The second-order valence-corrected chi connectivity index (χ2v) is 5.36. The Morgan fingerprint density at radius 1 is 1.40 bits per heavy atom. The highest BCUT2D eigenvalue weighted by atomic mass is 32.1. The van der Waals surface area contributed by atoms with E-state index in [1.165, 1.54) is 11.3 Å². The highest BCUT2D eigenvalue weighted by molar-refractivity contribution is 7.14. The number of urea groups is 1. The molecule has 3 rings (SSSR count). The van der Waals surface area contributed by atoms with Crippen LogP contribution < -0.4 is 10.1 Å². The quantitative estimate of drug-likeness (QED) is 0.941. The summed E-state index contributed by atoms with van der Waals surface area (Å²) in [7, 11) is 0. The molecule has 2 aromatic rings. The number of likely N-dealkylation sites (tertiary alicyclic amines) is 1. The average Bonchev–Trinajstić information content (AvgIpc) is 3.11. The lowest BCUT2D eigenvalue weighted by atomic mass is 10.3. The molecule has 1 N–H and O–H groups in total. The van der Waals surface area contributed by atoms with Crippen molar-refractivity contribution in [2.24, 2.45) is 0 Å². The van der Waals surface area contributed by atoms with Crippen LogP contribution in [0.25, 0.3) is 0 Å². The van der Waals surface area contributed by atoms with Crippen molar-refractivity contribution in [2.45, 2.75) is 12.5 Å². The van der Waals surface area contributed by atoms with E-state index in [9.17, 15) is 4.79 Å². The molecule has 0 radical (unpaired) electrons. The molecule has 0 aromatic carbocycles. The molecule has 6 nitrogen and oxygen atoms in total. The van der Waals surface area contributed by atoms with Gasteiger partial charge in [-0.3, -0.25) is 5.32 Å². The second kappa shape index (κ2) is 5.87. The Bertz CT molecular complexity index is 561. The summed E-state index contributed by atoms with van der Waals surface area (Å²) in [5, 5.41) is 5.65. The van der Waals surface area contributed by atoms with Crippen LogP contribution in [0.2, 0.25) is 0 Å². The number of hydrogen-bond acceptors (Lipinski definition) is 5. The third-order valence-electron chi connectivity index (χ3n) is 3.00. The van der Waals surface area contributed by atoms with Gasteiger partial charge in [0, 0.05) is 25.4 Å². The number of anilines is 1. The molecule has 0 saturated carbocycles. The minimum atomic E-state index is -0.0902. The number of amides is 2. The summed E-state index contributed by atoms with van der Waals surface area (Å²) >= 11 is 1.50. The number of nitrogens with zero attached hydrogens (tertiary/aromatic N) is 3. The maximum atomic E-state index is 12.0. The van der Waals surface area contributed by atoms with Gasteiger partial charge >= 0.3 is 12.0 Å². The fourth-order valence-electron chi connectivity index (χ4n) is 2.04. The molecule has 1 saturated heterocycles. The first-order valence-corrected chi connectivity index (χ1v) is 7.22. The fraction of sp³-hybridized carbons (Fsp3) is 0.308. The molecule has 2 aromatic heterocycles. The predicted molar refractivity (Wildman–Crippen MR) is 76.0 cm³/mol. The number of aromatic nitrogens is 2. The van der Waals surface area contributed by atoms with E-state index in [0.717, 1.165) is 11.4 Å². The van der Waals surface area contributed by atoms with E-state index in [0.29, 0.717) is 19.1 Å². The van der Waals surface area contributed by atoms with Gasteiger partial charge in [-0.15, -0.1) is 11.3 Å². The molecular formula is C13H14N4O2S. The number of nitrogens with one attached hydrogen (secondary N) is 1. The summed E-state index contributed by atoms with van der Waals surface area (Å²) in [4.78, 5) is 21.8. The number of carbonyl (C=O) groups excluding carboxylic acids is 1. The Hall–Kier alpha value is -2.15. The van der Waals surface area contributed by atoms with E-state index in [-0.39, 0.29) is 12.1 Å². The van der Waals surface area contributed by atoms with E-state index in [2.05, 4.69) is 15.3 Å². The van der Waals surface area contributed by atoms with Crippen molar-refractivity contribution < 1.29 is 9.53 Å². The lowest BCUT2D eigenvalue weighted by Crippen LogP contribution is -2.34. The topological polar surface area (TPSA) is 67.4 Å². The Morgan fingerprint density at radius 2 is 2.25 bits per heavy atom. The Balaban J connectivity index is 1.53. The van der Waals surface area contributed by atoms with Crippen LogP contribution in [0, 0.1) is 0 Å². The van der Waals surface area contributed by atoms with Crippen molar-refractivity contribution in [3.63, 3.8) is 0 Å². The predicted octanol–water partition coefficient (Wildman–Crippen LogP) is 2.22. The van der Waals surface area contributed by atoms with Crippen molar-refractivity contribution in [2.75, 3.05) is 18.4 Å². The van der Waals surface area contributed by atoms with E-state index >= 15 is 0 Å². The van der Waals surface area contributed by atoms with Crippen LogP contribution in [0.15, 0.2) is 36.0 Å². The first-order chi connectivity index (χ1) is 9.81. The normalized spacial score (nSPS) is 18.0. The molecule has 0 bridgehead atoms. The minimum absolute atomic E-state index is 0.0496. The average molecular weight is 290 g/mol. The highest BCUT2D eigenvalue weighted by Crippen LogP contribution is 2.19. The number of hydrogen-bond donors (Lipinski definition) is 1. The summed E-state index contributed by atoms with van der Waals surface area (Å²) in [5.41, 5.74) is 0. The van der Waals surface area contributed by atoms with Crippen molar-refractivity contribution in [1.29, 1.82) is 0 Å². The van der Waals surface area contributed by atoms with Crippen LogP contribution in [0.1, 0.15) is 6.42 Å². The van der Waals surface area contributed by atoms with E-state index in [1.807, 2.05) is 17.5 Å². The molecule has 1 atom stereocenters. The van der Waals surface area contributed by atoms with Crippen LogP contribution in [0.4, 0.5) is 9.80 Å². The van der Waals surface area contributed by atoms with Gasteiger partial charge in [-0.25, -0.2) is 14.8 Å². The minimum Gasteiger partial charge on any atom is -0.458 e. The molecule has 0 aliphatic carbocycles. The van der Waals surface area contributed by atoms with Crippen LogP contribution in [0.3, 0.4) is 0 Å². The number of rotatable bonds is 3. The summed E-state index contributed by atoms with van der Waals surface area (Å²) in [6, 6.07) is 5.79. The molecule has 3 heterocycles. The Morgan fingerprint density at radius 3 is 3.00 bits per heavy atom. The highest BCUT2D eigenvalue weighted by Gasteiger charge is 2.28. The van der Waals surface area contributed by atoms with Crippen molar-refractivity contribution in [3.05, 3.63) is 36.0 Å². The maximum Gasteiger partial charge on any atom is 0.322 e. The van der Waals surface area contributed by atoms with E-state index in [4.69, 9.17) is 4.74 Å². The standard InChI is InChI=1S/C13H14N4O2S/c18-13(16-11-3-1-8-20-11)17-7-4-10(9-17)19-12-14-5-2-6-15-12/h1-3,5-6,8,10H,4,7,9H2,(H,16,18). The largest absolute Gasteiger partial charge is 0.458 e. The van der Waals surface area contributed by atoms with Gasteiger partial charge in [0.15, 0.2) is 0 Å². The monoisotopic (exact) mass is 290 g/mol. The van der Waals surface area contributed by atoms with Gasteiger partial charge < -0.3 is 9.64 Å². The molecule has 0 spiro atoms. The zero-order chi connectivity index (χ0) is 13.8. The van der Waals surface area contributed by atoms with Gasteiger partial charge in [0.1, 0.15) is 6.10 Å². The Kier molecular flexibility index (Phi) is 3.78. The third kappa shape index (κ3) is 3.05. The van der Waals surface area contributed by atoms with Crippen LogP contribution >= 0.6 is 11.3 Å². The van der Waals surface area contributed by atoms with Gasteiger partial charge in [0.25, 0.3) is 0 Å². The lowest BCUT2D eigenvalue weighted by molar-refractivity contribution is 0.184. The number of thiophene rings is 1. The molecule has 1 unspecified atom stereocenters. The van der Waals surface area contributed by atoms with Crippen LogP contribution in [0.5, 0.6) is 6.01 Å². The molecular weight excluding hydrogens is 276 g/mol. The molecule has 104 valence electrons. The second-order valence-electron chi connectivity index (χ2n) is 4.41. The summed E-state index contributed by atoms with van der Waals surface area (Å²) < 4.78 is 5.65. The first-order valence-electron chi connectivity index (χ1n) is 6.34. The Labute approximate surface area is 120 Å². The van der Waals surface area contributed by atoms with Crippen molar-refractivity contribution in [1.82, 2.24) is 14.9 Å². The van der Waals surface area contributed by atoms with Gasteiger partial charge in [-0.2, -0.15) is 0 Å².